The van der Waals surface area contributed by atoms with Crippen LogP contribution in [0.3, 0.4) is 0 Å². The summed E-state index contributed by atoms with van der Waals surface area (Å²) in [5, 5.41) is 14.1. The van der Waals surface area contributed by atoms with Gasteiger partial charge in [-0.25, -0.2) is 4.68 Å². The summed E-state index contributed by atoms with van der Waals surface area (Å²) in [7, 11) is 1.68. The molecule has 1 aromatic heterocycles. The molecule has 0 spiro atoms. The lowest BCUT2D eigenvalue weighted by Crippen LogP contribution is -2.27. The van der Waals surface area contributed by atoms with Crippen LogP contribution in [-0.2, 0) is 18.3 Å². The number of halogens is 2. The number of aromatic nitrogens is 4. The Balaban J connectivity index is 1.76. The zero-order chi connectivity index (χ0) is 16.7. The van der Waals surface area contributed by atoms with Crippen LogP contribution in [0.4, 0.5) is 8.78 Å². The van der Waals surface area contributed by atoms with Crippen LogP contribution in [0.25, 0.3) is 0 Å². The Morgan fingerprint density at radius 3 is 2.91 bits per heavy atom. The molecule has 0 atom stereocenters. The van der Waals surface area contributed by atoms with Crippen molar-refractivity contribution in [3.05, 3.63) is 29.8 Å². The highest BCUT2D eigenvalue weighted by atomic mass is 32.2. The summed E-state index contributed by atoms with van der Waals surface area (Å²) in [6, 6.07) is 6.50. The zero-order valence-corrected chi connectivity index (χ0v) is 13.1. The lowest BCUT2D eigenvalue weighted by atomic mass is 10.1. The highest BCUT2D eigenvalue weighted by Gasteiger charge is 2.10. The second-order valence-electron chi connectivity index (χ2n) is 4.46. The first-order chi connectivity index (χ1) is 11.1. The van der Waals surface area contributed by atoms with Crippen LogP contribution in [0.15, 0.2) is 29.4 Å². The lowest BCUT2D eigenvalue weighted by molar-refractivity contribution is -0.118. The number of tetrazole rings is 1. The largest absolute Gasteiger partial charge is 0.435 e. The van der Waals surface area contributed by atoms with E-state index < -0.39 is 6.61 Å². The smallest absolute Gasteiger partial charge is 0.387 e. The number of aryl methyl sites for hydroxylation is 1. The first kappa shape index (κ1) is 17.1. The van der Waals surface area contributed by atoms with E-state index in [0.717, 1.165) is 0 Å². The fraction of sp³-hybridized carbons (Fsp3) is 0.385. The van der Waals surface area contributed by atoms with Gasteiger partial charge in [-0.15, -0.1) is 5.10 Å². The van der Waals surface area contributed by atoms with E-state index in [1.807, 2.05) is 0 Å². The van der Waals surface area contributed by atoms with E-state index >= 15 is 0 Å². The second-order valence-corrected chi connectivity index (χ2v) is 5.40. The minimum absolute atomic E-state index is 0.122. The van der Waals surface area contributed by atoms with Crippen molar-refractivity contribution in [1.82, 2.24) is 25.5 Å². The molecule has 0 unspecified atom stereocenters. The highest BCUT2D eigenvalue weighted by Crippen LogP contribution is 2.20. The standard InChI is InChI=1S/C13H15F2N5O2S/c1-20-13(17-18-19-20)23-8-11(21)16-7-6-9-4-2-3-5-10(9)22-12(14)15/h2-5,12H,6-8H2,1H3,(H,16,21). The van der Waals surface area contributed by atoms with Crippen LogP contribution in [0.5, 0.6) is 5.75 Å². The number of hydrogen-bond acceptors (Lipinski definition) is 6. The maximum atomic E-state index is 12.3. The summed E-state index contributed by atoms with van der Waals surface area (Å²) in [5.41, 5.74) is 0.609. The van der Waals surface area contributed by atoms with Crippen molar-refractivity contribution in [1.29, 1.82) is 0 Å². The number of hydrogen-bond donors (Lipinski definition) is 1. The van der Waals surface area contributed by atoms with Gasteiger partial charge in [0.1, 0.15) is 5.75 Å². The number of para-hydroxylation sites is 1. The number of nitrogens with one attached hydrogen (secondary N) is 1. The molecule has 2 rings (SSSR count). The molecule has 0 saturated carbocycles. The van der Waals surface area contributed by atoms with Gasteiger partial charge in [0.15, 0.2) is 0 Å². The molecule has 0 radical (unpaired) electrons. The van der Waals surface area contributed by atoms with Crippen LogP contribution >= 0.6 is 11.8 Å². The topological polar surface area (TPSA) is 81.9 Å². The molecule has 0 aliphatic rings. The van der Waals surface area contributed by atoms with E-state index in [4.69, 9.17) is 0 Å². The van der Waals surface area contributed by atoms with Gasteiger partial charge in [-0.1, -0.05) is 30.0 Å². The van der Waals surface area contributed by atoms with Gasteiger partial charge in [0.2, 0.25) is 11.1 Å². The summed E-state index contributed by atoms with van der Waals surface area (Å²) in [6.45, 7) is -2.55. The fourth-order valence-corrected chi connectivity index (χ4v) is 2.46. The number of carbonyl (C=O) groups excluding carboxylic acids is 1. The second kappa shape index (κ2) is 8.42. The van der Waals surface area contributed by atoms with E-state index in [2.05, 4.69) is 25.6 Å². The van der Waals surface area contributed by atoms with Gasteiger partial charge in [-0.05, 0) is 28.5 Å². The average molecular weight is 343 g/mol. The summed E-state index contributed by atoms with van der Waals surface area (Å²) in [5.74, 6) is 0.102. The Morgan fingerprint density at radius 1 is 1.43 bits per heavy atom. The van der Waals surface area contributed by atoms with Crippen LogP contribution in [0.2, 0.25) is 0 Å². The third-order valence-electron chi connectivity index (χ3n) is 2.82. The number of nitrogens with zero attached hydrogens (tertiary/aromatic N) is 4. The normalized spacial score (nSPS) is 10.8. The average Bonchev–Trinajstić information content (AvgIpc) is 2.92. The first-order valence-electron chi connectivity index (χ1n) is 6.71. The number of alkyl halides is 2. The number of ether oxygens (including phenoxy) is 1. The van der Waals surface area contributed by atoms with E-state index in [9.17, 15) is 13.6 Å². The van der Waals surface area contributed by atoms with E-state index in [0.29, 0.717) is 23.7 Å². The zero-order valence-electron chi connectivity index (χ0n) is 12.3. The predicted molar refractivity (Wildman–Crippen MR) is 79.3 cm³/mol. The van der Waals surface area contributed by atoms with Gasteiger partial charge in [0.25, 0.3) is 0 Å². The van der Waals surface area contributed by atoms with Gasteiger partial charge in [-0.2, -0.15) is 8.78 Å². The third kappa shape index (κ3) is 5.47. The molecule has 124 valence electrons. The molecule has 1 aromatic carbocycles. The number of benzene rings is 1. The van der Waals surface area contributed by atoms with Crippen LogP contribution in [0.1, 0.15) is 5.56 Å². The van der Waals surface area contributed by atoms with Gasteiger partial charge in [0, 0.05) is 13.6 Å². The Bertz CT molecular complexity index is 653. The molecule has 1 amide bonds. The summed E-state index contributed by atoms with van der Waals surface area (Å²) in [4.78, 5) is 11.7. The molecule has 0 aliphatic heterocycles. The molecule has 1 N–H and O–H groups in total. The van der Waals surface area contributed by atoms with Crippen molar-refractivity contribution in [2.45, 2.75) is 18.2 Å². The maximum Gasteiger partial charge on any atom is 0.387 e. The fourth-order valence-electron chi connectivity index (χ4n) is 1.78. The Kier molecular flexibility index (Phi) is 6.27. The maximum absolute atomic E-state index is 12.3. The molecule has 23 heavy (non-hydrogen) atoms. The Hall–Kier alpha value is -2.23. The van der Waals surface area contributed by atoms with Crippen LogP contribution < -0.4 is 10.1 Å². The van der Waals surface area contributed by atoms with Crippen molar-refractivity contribution in [3.8, 4) is 5.75 Å². The first-order valence-corrected chi connectivity index (χ1v) is 7.69. The van der Waals surface area contributed by atoms with Crippen molar-refractivity contribution in [2.24, 2.45) is 7.05 Å². The number of rotatable bonds is 8. The SMILES string of the molecule is Cn1nnnc1SCC(=O)NCCc1ccccc1OC(F)F. The van der Waals surface area contributed by atoms with Crippen molar-refractivity contribution in [2.75, 3.05) is 12.3 Å². The summed E-state index contributed by atoms with van der Waals surface area (Å²) >= 11 is 1.21. The van der Waals surface area contributed by atoms with Gasteiger partial charge >= 0.3 is 6.61 Å². The number of thioether (sulfide) groups is 1. The lowest BCUT2D eigenvalue weighted by Gasteiger charge is -2.10. The van der Waals surface area contributed by atoms with E-state index in [-0.39, 0.29) is 17.4 Å². The quantitative estimate of drug-likeness (QED) is 0.727. The minimum atomic E-state index is -2.87. The summed E-state index contributed by atoms with van der Waals surface area (Å²) < 4.78 is 30.5. The third-order valence-corrected chi connectivity index (χ3v) is 3.83. The minimum Gasteiger partial charge on any atom is -0.435 e. The molecule has 7 nitrogen and oxygen atoms in total. The number of amides is 1. The van der Waals surface area contributed by atoms with Gasteiger partial charge < -0.3 is 10.1 Å². The molecule has 0 saturated heterocycles. The van der Waals surface area contributed by atoms with E-state index in [1.54, 1.807) is 25.2 Å². The predicted octanol–water partition coefficient (Wildman–Crippen LogP) is 1.26. The van der Waals surface area contributed by atoms with Gasteiger partial charge in [0.05, 0.1) is 5.75 Å². The molecule has 10 heteroatoms. The Morgan fingerprint density at radius 2 is 2.22 bits per heavy atom. The molecule has 0 bridgehead atoms. The molecule has 1 heterocycles. The number of carbonyl (C=O) groups is 1. The molecular weight excluding hydrogens is 328 g/mol. The van der Waals surface area contributed by atoms with Crippen LogP contribution in [-0.4, -0.2) is 45.0 Å². The van der Waals surface area contributed by atoms with Crippen molar-refractivity contribution >= 4 is 17.7 Å². The van der Waals surface area contributed by atoms with E-state index in [1.165, 1.54) is 22.5 Å². The molecule has 0 aliphatic carbocycles. The molecule has 2 aromatic rings. The van der Waals surface area contributed by atoms with Crippen molar-refractivity contribution in [3.63, 3.8) is 0 Å². The Labute approximate surface area is 135 Å². The van der Waals surface area contributed by atoms with Crippen LogP contribution in [0, 0.1) is 0 Å². The molecular formula is C13H15F2N5O2S. The highest BCUT2D eigenvalue weighted by molar-refractivity contribution is 7.99. The monoisotopic (exact) mass is 343 g/mol. The van der Waals surface area contributed by atoms with Gasteiger partial charge in [-0.3, -0.25) is 4.79 Å². The summed E-state index contributed by atoms with van der Waals surface area (Å²) in [6.07, 6.45) is 0.394. The van der Waals surface area contributed by atoms with Crippen molar-refractivity contribution < 1.29 is 18.3 Å². The molecule has 0 fully saturated rings.